The Morgan fingerprint density at radius 2 is 1.48 bits per heavy atom. The van der Waals surface area contributed by atoms with Gasteiger partial charge in [0.25, 0.3) is 0 Å². The molecule has 1 fully saturated rings. The lowest BCUT2D eigenvalue weighted by Gasteiger charge is -2.29. The molecule has 0 atom stereocenters. The van der Waals surface area contributed by atoms with Crippen LogP contribution in [-0.4, -0.2) is 79.8 Å². The molecule has 0 aliphatic heterocycles. The Morgan fingerprint density at radius 3 is 2.07 bits per heavy atom. The number of Topliss-reactive ketones (excluding diaryl/α,β-unsaturated/α-hetero) is 2. The molecule has 1 saturated carbocycles. The van der Waals surface area contributed by atoms with Crippen molar-refractivity contribution in [1.29, 1.82) is 0 Å². The summed E-state index contributed by atoms with van der Waals surface area (Å²) in [7, 11) is 0. The Labute approximate surface area is 361 Å². The molecule has 2 amide bonds. The van der Waals surface area contributed by atoms with Gasteiger partial charge in [-0.3, -0.25) is 9.59 Å². The summed E-state index contributed by atoms with van der Waals surface area (Å²) in [6.45, 7) is 17.9. The number of benzene rings is 3. The number of carbonyl (C=O) groups excluding carboxylic acids is 4. The third kappa shape index (κ3) is 14.5. The predicted molar refractivity (Wildman–Crippen MR) is 243 cm³/mol. The van der Waals surface area contributed by atoms with Crippen LogP contribution in [0.5, 0.6) is 0 Å². The van der Waals surface area contributed by atoms with Crippen molar-refractivity contribution in [1.82, 2.24) is 29.7 Å². The van der Waals surface area contributed by atoms with Gasteiger partial charge in [-0.25, -0.2) is 14.6 Å². The molecule has 3 aromatic carbocycles. The van der Waals surface area contributed by atoms with Crippen molar-refractivity contribution in [2.75, 3.05) is 35.6 Å². The first-order chi connectivity index (χ1) is 28.8. The molecule has 15 heteroatoms. The average Bonchev–Trinajstić information content (AvgIpc) is 3.67. The molecule has 60 heavy (non-hydrogen) atoms. The van der Waals surface area contributed by atoms with E-state index in [1.54, 1.807) is 48.5 Å². The number of halogens is 1. The molecular weight excluding hydrogens is 824 g/mol. The van der Waals surface area contributed by atoms with Crippen molar-refractivity contribution in [2.45, 2.75) is 98.8 Å². The summed E-state index contributed by atoms with van der Waals surface area (Å²) in [5.41, 5.74) is 4.84. The molecule has 318 valence electrons. The number of ketones is 2. The lowest BCUT2D eigenvalue weighted by atomic mass is 9.91. The number of carbonyl (C=O) groups is 3. The monoisotopic (exact) mass is 880 g/mol. The molecule has 2 aromatic heterocycles. The van der Waals surface area contributed by atoms with E-state index < -0.39 is 0 Å². The van der Waals surface area contributed by atoms with Crippen LogP contribution in [0.3, 0.4) is 0 Å². The van der Waals surface area contributed by atoms with E-state index in [0.717, 1.165) is 46.9 Å². The normalized spacial score (nSPS) is 14.5. The van der Waals surface area contributed by atoms with Gasteiger partial charge < -0.3 is 30.7 Å². The number of fused-ring (bicyclic) bond motifs is 1. The summed E-state index contributed by atoms with van der Waals surface area (Å²) < 4.78 is 3.09. The number of nitrogens with zero attached hydrogens (tertiary/aromatic N) is 6. The summed E-state index contributed by atoms with van der Waals surface area (Å²) in [5.74, 6) is 1.18. The third-order valence-corrected chi connectivity index (χ3v) is 10.6. The Morgan fingerprint density at radius 1 is 0.867 bits per heavy atom. The topological polar surface area (TPSA) is 176 Å². The van der Waals surface area contributed by atoms with Crippen LogP contribution < -0.4 is 21.3 Å². The van der Waals surface area contributed by atoms with Crippen LogP contribution in [0.25, 0.3) is 11.2 Å². The van der Waals surface area contributed by atoms with Crippen molar-refractivity contribution >= 4 is 73.9 Å². The van der Waals surface area contributed by atoms with Crippen LogP contribution >= 0.6 is 15.9 Å². The van der Waals surface area contributed by atoms with E-state index in [-0.39, 0.29) is 35.7 Å². The molecule has 0 spiro atoms. The summed E-state index contributed by atoms with van der Waals surface area (Å²) in [6, 6.07) is 21.9. The maximum atomic E-state index is 12.6. The molecule has 2 heterocycles. The van der Waals surface area contributed by atoms with Crippen LogP contribution in [-0.2, 0) is 11.3 Å². The Hall–Kier alpha value is -5.76. The largest absolute Gasteiger partial charge is 0.364 e. The van der Waals surface area contributed by atoms with Gasteiger partial charge in [-0.05, 0) is 115 Å². The minimum Gasteiger partial charge on any atom is -0.364 e. The predicted octanol–water partition coefficient (Wildman–Crippen LogP) is 9.73. The smallest absolute Gasteiger partial charge is 0.319 e. The van der Waals surface area contributed by atoms with Gasteiger partial charge in [0, 0.05) is 46.0 Å². The van der Waals surface area contributed by atoms with Crippen LogP contribution in [0.4, 0.5) is 27.9 Å². The molecule has 14 nitrogen and oxygen atoms in total. The van der Waals surface area contributed by atoms with Crippen LogP contribution in [0.2, 0.25) is 0 Å². The quantitative estimate of drug-likeness (QED) is 0.0477. The second-order valence-electron chi connectivity index (χ2n) is 14.7. The first-order valence-electron chi connectivity index (χ1n) is 20.4. The fourth-order valence-electron chi connectivity index (χ4n) is 6.52. The van der Waals surface area contributed by atoms with E-state index in [1.165, 1.54) is 39.6 Å². The SMILES string of the molecule is CC(=O)c1cccc(N=C=O)c1.CC(=O)c1cccc(NC(=O)NC2CCC(Nc3nc(NCc4ccc(Br)cc4)c4ncn(C(C)C)c4n3)CC2)c1.CCN(CC)CC. The zero-order valence-corrected chi connectivity index (χ0v) is 37.2. The lowest BCUT2D eigenvalue weighted by Crippen LogP contribution is -2.42. The fourth-order valence-corrected chi connectivity index (χ4v) is 6.79. The van der Waals surface area contributed by atoms with Gasteiger partial charge >= 0.3 is 6.03 Å². The van der Waals surface area contributed by atoms with E-state index in [4.69, 9.17) is 9.97 Å². The highest BCUT2D eigenvalue weighted by molar-refractivity contribution is 9.10. The molecule has 6 rings (SSSR count). The minimum absolute atomic E-state index is 0.0378. The van der Waals surface area contributed by atoms with Gasteiger partial charge in [-0.2, -0.15) is 15.0 Å². The maximum absolute atomic E-state index is 12.6. The third-order valence-electron chi connectivity index (χ3n) is 10.0. The number of aliphatic imine (C=N–C) groups is 1. The lowest BCUT2D eigenvalue weighted by molar-refractivity contribution is 0.100. The molecule has 0 saturated heterocycles. The van der Waals surface area contributed by atoms with E-state index in [9.17, 15) is 19.2 Å². The summed E-state index contributed by atoms with van der Waals surface area (Å²) in [4.78, 5) is 65.0. The molecule has 0 unspecified atom stereocenters. The molecule has 1 aliphatic carbocycles. The van der Waals surface area contributed by atoms with E-state index in [0.29, 0.717) is 40.8 Å². The Balaban J connectivity index is 0.000000344. The van der Waals surface area contributed by atoms with Gasteiger partial charge in [0.05, 0.1) is 12.0 Å². The number of hydrogen-bond donors (Lipinski definition) is 4. The van der Waals surface area contributed by atoms with Crippen molar-refractivity contribution in [2.24, 2.45) is 4.99 Å². The fraction of sp³-hybridized carbons (Fsp3) is 0.400. The Bertz CT molecular complexity index is 2200. The minimum atomic E-state index is -0.265. The van der Waals surface area contributed by atoms with Crippen LogP contribution in [0, 0.1) is 0 Å². The summed E-state index contributed by atoms with van der Waals surface area (Å²) in [6.07, 6.45) is 6.64. The molecule has 1 aliphatic rings. The Kier molecular flexibility index (Phi) is 18.6. The standard InChI is InChI=1S/C30H35BrN8O2.C9H7NO2.C6H15N/c1-18(2)39-17-33-26-27(32-16-20-7-9-22(31)10-8-20)37-29(38-28(26)39)34-23-11-13-24(14-12-23)35-30(41)36-25-6-4-5-21(15-25)19(3)40;1-7(12)8-3-2-4-9(5-8)10-6-11;1-4-7(5-2)6-3/h4-10,15,17-18,23-24H,11-14,16H2,1-3H3,(H2,35,36,41)(H2,32,34,37,38);2-5H,1H3;4-6H2,1-3H3. The molecule has 4 N–H and O–H groups in total. The van der Waals surface area contributed by atoms with Gasteiger partial charge in [0.15, 0.2) is 28.5 Å². The highest BCUT2D eigenvalue weighted by Crippen LogP contribution is 2.27. The highest BCUT2D eigenvalue weighted by atomic mass is 79.9. The van der Waals surface area contributed by atoms with Gasteiger partial charge in [-0.1, -0.05) is 73.1 Å². The van der Waals surface area contributed by atoms with E-state index in [2.05, 4.69) is 103 Å². The van der Waals surface area contributed by atoms with Crippen molar-refractivity contribution < 1.29 is 19.2 Å². The van der Waals surface area contributed by atoms with Gasteiger partial charge in [-0.15, -0.1) is 0 Å². The zero-order chi connectivity index (χ0) is 43.6. The van der Waals surface area contributed by atoms with Crippen molar-refractivity contribution in [3.05, 3.63) is 100 Å². The number of aromatic nitrogens is 4. The van der Waals surface area contributed by atoms with Crippen LogP contribution in [0.1, 0.15) is 106 Å². The number of nitrogens with one attached hydrogen (secondary N) is 4. The molecular formula is C45H57BrN10O4. The number of hydrogen-bond acceptors (Lipinski definition) is 11. The number of anilines is 3. The second kappa shape index (κ2) is 23.7. The van der Waals surface area contributed by atoms with E-state index in [1.807, 2.05) is 18.5 Å². The molecule has 5 aromatic rings. The zero-order valence-electron chi connectivity index (χ0n) is 35.6. The first kappa shape index (κ1) is 46.9. The number of rotatable bonds is 14. The average molecular weight is 882 g/mol. The van der Waals surface area contributed by atoms with Gasteiger partial charge in [0.1, 0.15) is 0 Å². The number of imidazole rings is 1. The summed E-state index contributed by atoms with van der Waals surface area (Å²) >= 11 is 3.49. The van der Waals surface area contributed by atoms with E-state index >= 15 is 0 Å². The number of urea groups is 1. The highest BCUT2D eigenvalue weighted by Gasteiger charge is 2.24. The first-order valence-corrected chi connectivity index (χ1v) is 21.2. The van der Waals surface area contributed by atoms with Gasteiger partial charge in [0.2, 0.25) is 12.0 Å². The number of isocyanates is 1. The number of amides is 2. The maximum Gasteiger partial charge on any atom is 0.319 e. The molecule has 0 bridgehead atoms. The molecule has 0 radical (unpaired) electrons. The summed E-state index contributed by atoms with van der Waals surface area (Å²) in [5, 5.41) is 12.9. The van der Waals surface area contributed by atoms with Crippen LogP contribution in [0.15, 0.2) is 88.6 Å². The van der Waals surface area contributed by atoms with Crippen molar-refractivity contribution in [3.63, 3.8) is 0 Å². The second-order valence-corrected chi connectivity index (χ2v) is 15.6. The van der Waals surface area contributed by atoms with Crippen molar-refractivity contribution in [3.8, 4) is 0 Å².